The summed E-state index contributed by atoms with van der Waals surface area (Å²) in [6.07, 6.45) is 3.51. The number of amides is 1. The standard InChI is InChI=1S/C19H26BN2O7/c23-16(6-4-13-2-1-9-21-13)22-10-14(11-22)28-15-5-3-12-7-8-20(26,27)29-18(12)17(15)19(24)25/h3,5,13-14,21,26-27H,1-2,4,6-11H2,(H,24,25)/q-1/p-1. The van der Waals surface area contributed by atoms with Crippen LogP contribution < -0.4 is 19.8 Å². The number of nitrogens with one attached hydrogen (secondary N) is 1. The fraction of sp³-hybridized carbons (Fsp3) is 0.579. The van der Waals surface area contributed by atoms with Gasteiger partial charge in [0.15, 0.2) is 0 Å². The summed E-state index contributed by atoms with van der Waals surface area (Å²) in [6, 6.07) is 3.59. The van der Waals surface area contributed by atoms with E-state index in [1.165, 1.54) is 6.07 Å². The number of fused-ring (bicyclic) bond motifs is 1. The summed E-state index contributed by atoms with van der Waals surface area (Å²) in [5, 5.41) is 34.6. The molecule has 0 radical (unpaired) electrons. The molecule has 1 amide bonds. The monoisotopic (exact) mass is 404 g/mol. The normalized spacial score (nSPS) is 23.1. The highest BCUT2D eigenvalue weighted by atomic mass is 16.6. The summed E-state index contributed by atoms with van der Waals surface area (Å²) < 4.78 is 10.9. The minimum Gasteiger partial charge on any atom is -0.669 e. The van der Waals surface area contributed by atoms with E-state index in [0.717, 1.165) is 25.8 Å². The van der Waals surface area contributed by atoms with Gasteiger partial charge in [0.1, 0.15) is 11.9 Å². The van der Waals surface area contributed by atoms with Gasteiger partial charge in [-0.1, -0.05) is 12.4 Å². The molecule has 0 spiro atoms. The average Bonchev–Trinajstić information content (AvgIpc) is 3.14. The number of aromatic carboxylic acids is 1. The highest BCUT2D eigenvalue weighted by molar-refractivity contribution is 6.59. The van der Waals surface area contributed by atoms with Gasteiger partial charge in [-0.05, 0) is 43.9 Å². The largest absolute Gasteiger partial charge is 0.669 e. The first kappa shape index (κ1) is 20.0. The van der Waals surface area contributed by atoms with Crippen LogP contribution in [-0.4, -0.2) is 65.4 Å². The quantitative estimate of drug-likeness (QED) is 0.517. The number of carbonyl (C=O) groups is 2. The van der Waals surface area contributed by atoms with E-state index < -0.39 is 12.7 Å². The van der Waals surface area contributed by atoms with Gasteiger partial charge in [-0.2, -0.15) is 0 Å². The number of likely N-dealkylation sites (tertiary alicyclic amines) is 1. The Kier molecular flexibility index (Phi) is 5.41. The molecule has 29 heavy (non-hydrogen) atoms. The van der Waals surface area contributed by atoms with Crippen LogP contribution in [0, 0.1) is 0 Å². The predicted molar refractivity (Wildman–Crippen MR) is 101 cm³/mol. The number of nitrogens with zero attached hydrogens (tertiary/aromatic N) is 1. The lowest BCUT2D eigenvalue weighted by atomic mass is 9.70. The molecule has 3 aliphatic heterocycles. The zero-order valence-corrected chi connectivity index (χ0v) is 16.1. The molecule has 0 aliphatic carbocycles. The van der Waals surface area contributed by atoms with Gasteiger partial charge in [0, 0.05) is 12.5 Å². The van der Waals surface area contributed by atoms with Crippen molar-refractivity contribution in [1.82, 2.24) is 10.2 Å². The minimum atomic E-state index is -3.10. The number of aryl methyl sites for hydroxylation is 1. The van der Waals surface area contributed by atoms with Crippen LogP contribution in [0.3, 0.4) is 0 Å². The summed E-state index contributed by atoms with van der Waals surface area (Å²) in [5.41, 5.74) is 0.233. The number of hydrogen-bond donors (Lipinski definition) is 3. The molecule has 3 N–H and O–H groups in total. The second-order valence-corrected chi connectivity index (χ2v) is 8.10. The van der Waals surface area contributed by atoms with Gasteiger partial charge >= 0.3 is 6.75 Å². The van der Waals surface area contributed by atoms with Crippen LogP contribution in [0.4, 0.5) is 0 Å². The molecule has 0 aromatic heterocycles. The lowest BCUT2D eigenvalue weighted by molar-refractivity contribution is -0.255. The van der Waals surface area contributed by atoms with Gasteiger partial charge < -0.3 is 39.6 Å². The fourth-order valence-electron chi connectivity index (χ4n) is 4.18. The first-order valence-corrected chi connectivity index (χ1v) is 10.2. The van der Waals surface area contributed by atoms with Crippen LogP contribution >= 0.6 is 0 Å². The lowest BCUT2D eigenvalue weighted by Gasteiger charge is -2.41. The zero-order valence-electron chi connectivity index (χ0n) is 16.1. The molecule has 0 bridgehead atoms. The molecule has 1 atom stereocenters. The maximum atomic E-state index is 12.3. The molecule has 2 saturated heterocycles. The lowest BCUT2D eigenvalue weighted by Crippen LogP contribution is -2.56. The minimum absolute atomic E-state index is 0.00420. The van der Waals surface area contributed by atoms with E-state index >= 15 is 0 Å². The Labute approximate surface area is 168 Å². The van der Waals surface area contributed by atoms with Crippen LogP contribution in [0.15, 0.2) is 12.1 Å². The third-order valence-electron chi connectivity index (χ3n) is 5.86. The molecule has 9 nitrogen and oxygen atoms in total. The molecule has 3 heterocycles. The molecule has 1 aromatic rings. The van der Waals surface area contributed by atoms with Crippen molar-refractivity contribution < 1.29 is 34.1 Å². The van der Waals surface area contributed by atoms with Gasteiger partial charge in [-0.3, -0.25) is 4.79 Å². The van der Waals surface area contributed by atoms with Crippen LogP contribution in [0.1, 0.15) is 41.6 Å². The first-order chi connectivity index (χ1) is 13.8. The molecule has 2 fully saturated rings. The molecule has 4 rings (SSSR count). The van der Waals surface area contributed by atoms with E-state index in [1.807, 2.05) is 0 Å². The van der Waals surface area contributed by atoms with Crippen molar-refractivity contribution in [3.63, 3.8) is 0 Å². The number of benzene rings is 1. The number of carbonyl (C=O) groups excluding carboxylic acids is 2. The second kappa shape index (κ2) is 7.85. The Morgan fingerprint density at radius 2 is 2.14 bits per heavy atom. The van der Waals surface area contributed by atoms with Gasteiger partial charge in [0.05, 0.1) is 30.4 Å². The zero-order chi connectivity index (χ0) is 20.6. The first-order valence-electron chi connectivity index (χ1n) is 10.2. The SMILES string of the molecule is O=C([O-])c1c(OC2CN(C(=O)CCC3CCCN3)C2)ccc2c1O[B-](O)(O)CC2. The number of ether oxygens (including phenoxy) is 1. The molecule has 1 unspecified atom stereocenters. The number of carboxylic acid groups (broad SMARTS) is 1. The van der Waals surface area contributed by atoms with E-state index in [4.69, 9.17) is 9.39 Å². The molecule has 158 valence electrons. The van der Waals surface area contributed by atoms with Crippen LogP contribution in [0.2, 0.25) is 6.32 Å². The molecule has 1 aromatic carbocycles. The predicted octanol–water partition coefficient (Wildman–Crippen LogP) is -0.970. The van der Waals surface area contributed by atoms with Crippen molar-refractivity contribution in [1.29, 1.82) is 0 Å². The summed E-state index contributed by atoms with van der Waals surface area (Å²) in [4.78, 5) is 25.7. The van der Waals surface area contributed by atoms with Crippen LogP contribution in [0.25, 0.3) is 0 Å². The highest BCUT2D eigenvalue weighted by Gasteiger charge is 2.35. The van der Waals surface area contributed by atoms with Crippen molar-refractivity contribution in [2.24, 2.45) is 0 Å². The number of carboxylic acids is 1. The van der Waals surface area contributed by atoms with Crippen molar-refractivity contribution in [2.45, 2.75) is 50.6 Å². The van der Waals surface area contributed by atoms with E-state index in [9.17, 15) is 24.7 Å². The molecule has 10 heteroatoms. The van der Waals surface area contributed by atoms with Crippen molar-refractivity contribution >= 4 is 18.6 Å². The Hall–Kier alpha value is -2.30. The summed E-state index contributed by atoms with van der Waals surface area (Å²) in [5.74, 6) is -1.51. The summed E-state index contributed by atoms with van der Waals surface area (Å²) in [7, 11) is 0. The average molecular weight is 404 g/mol. The van der Waals surface area contributed by atoms with Gasteiger partial charge in [-0.15, -0.1) is 0 Å². The molecular weight excluding hydrogens is 379 g/mol. The van der Waals surface area contributed by atoms with Gasteiger partial charge in [-0.25, -0.2) is 0 Å². The van der Waals surface area contributed by atoms with Crippen LogP contribution in [-0.2, 0) is 11.2 Å². The molecule has 0 saturated carbocycles. The van der Waals surface area contributed by atoms with Crippen molar-refractivity contribution in [3.8, 4) is 11.5 Å². The Balaban J connectivity index is 1.37. The van der Waals surface area contributed by atoms with E-state index in [-0.39, 0.29) is 41.8 Å². The van der Waals surface area contributed by atoms with Crippen molar-refractivity contribution in [2.75, 3.05) is 19.6 Å². The molecular formula is C19H25BN2O7-2. The Morgan fingerprint density at radius 3 is 2.83 bits per heavy atom. The third-order valence-corrected chi connectivity index (χ3v) is 5.86. The topological polar surface area (TPSA) is 131 Å². The highest BCUT2D eigenvalue weighted by Crippen LogP contribution is 2.38. The van der Waals surface area contributed by atoms with E-state index in [2.05, 4.69) is 5.32 Å². The maximum Gasteiger partial charge on any atom is 0.430 e. The van der Waals surface area contributed by atoms with E-state index in [0.29, 0.717) is 31.1 Å². The summed E-state index contributed by atoms with van der Waals surface area (Å²) >= 11 is 0. The maximum absolute atomic E-state index is 12.3. The smallest absolute Gasteiger partial charge is 0.430 e. The van der Waals surface area contributed by atoms with Gasteiger partial charge in [0.25, 0.3) is 0 Å². The Morgan fingerprint density at radius 1 is 1.34 bits per heavy atom. The summed E-state index contributed by atoms with van der Waals surface area (Å²) in [6.45, 7) is -1.32. The van der Waals surface area contributed by atoms with E-state index in [1.54, 1.807) is 11.0 Å². The fourth-order valence-corrected chi connectivity index (χ4v) is 4.18. The Bertz CT molecular complexity index is 804. The second-order valence-electron chi connectivity index (χ2n) is 8.10. The molecule has 3 aliphatic rings. The van der Waals surface area contributed by atoms with Crippen LogP contribution in [0.5, 0.6) is 11.5 Å². The third kappa shape index (κ3) is 4.34. The number of hydrogen-bond acceptors (Lipinski definition) is 8. The number of rotatable bonds is 6. The van der Waals surface area contributed by atoms with Crippen molar-refractivity contribution in [3.05, 3.63) is 23.3 Å². The van der Waals surface area contributed by atoms with Gasteiger partial charge in [0.2, 0.25) is 5.91 Å².